The molecule has 6 N–H and O–H groups in total. The average Bonchev–Trinajstić information content (AvgIpc) is 3.74. The van der Waals surface area contributed by atoms with E-state index in [0.29, 0.717) is 26.1 Å². The third kappa shape index (κ3) is 4.64. The van der Waals surface area contributed by atoms with Crippen molar-refractivity contribution in [2.75, 3.05) is 32.8 Å². The standard InChI is InChI=1S/C25H37N9O6S/c1-12-19-18(13(2)29-17(36)8-32-11-28-30-31-32)23(38)34(19)20(24(39)40)21(12)41-15-5-16(27-7-15)22(37)33-4-3-14-6-26-9-25(14,33)10-35/h11-16,18-19,24,26-27,35,39-40H,3-10H2,1-2H3,(H,29,36)/t12-,13?,14?,15+,16?,18-,19-,25?/m1/s1. The van der Waals surface area contributed by atoms with Crippen molar-refractivity contribution in [1.29, 1.82) is 0 Å². The zero-order valence-corrected chi connectivity index (χ0v) is 23.8. The van der Waals surface area contributed by atoms with Crippen LogP contribution in [0.5, 0.6) is 0 Å². The molecule has 1 aromatic rings. The second-order valence-corrected chi connectivity index (χ2v) is 13.1. The number of β-lactam (4-membered cyclic amide) rings is 1. The molecule has 5 aliphatic heterocycles. The minimum absolute atomic E-state index is 0.00508. The number of aliphatic hydroxyl groups excluding tert-OH is 2. The van der Waals surface area contributed by atoms with Gasteiger partial charge in [0.05, 0.1) is 35.8 Å². The Balaban J connectivity index is 1.11. The Kier molecular flexibility index (Phi) is 7.57. The summed E-state index contributed by atoms with van der Waals surface area (Å²) in [5, 5.41) is 51.0. The monoisotopic (exact) mass is 591 g/mol. The molecule has 0 spiro atoms. The van der Waals surface area contributed by atoms with E-state index in [4.69, 9.17) is 0 Å². The van der Waals surface area contributed by atoms with Crippen LogP contribution in [0.25, 0.3) is 0 Å². The highest BCUT2D eigenvalue weighted by molar-refractivity contribution is 8.03. The summed E-state index contributed by atoms with van der Waals surface area (Å²) in [7, 11) is 0. The van der Waals surface area contributed by atoms with Crippen LogP contribution < -0.4 is 16.0 Å². The number of rotatable bonds is 9. The van der Waals surface area contributed by atoms with Gasteiger partial charge < -0.3 is 41.1 Å². The first-order valence-electron chi connectivity index (χ1n) is 14.1. The molecular weight excluding hydrogens is 554 g/mol. The van der Waals surface area contributed by atoms with E-state index >= 15 is 0 Å². The summed E-state index contributed by atoms with van der Waals surface area (Å²) >= 11 is 1.49. The molecule has 0 bridgehead atoms. The average molecular weight is 592 g/mol. The molecule has 224 valence electrons. The van der Waals surface area contributed by atoms with E-state index in [1.54, 1.807) is 6.92 Å². The summed E-state index contributed by atoms with van der Waals surface area (Å²) in [6.07, 6.45) is 0.925. The van der Waals surface area contributed by atoms with Gasteiger partial charge in [0.25, 0.3) is 0 Å². The molecule has 0 radical (unpaired) electrons. The van der Waals surface area contributed by atoms with Gasteiger partial charge >= 0.3 is 0 Å². The number of aliphatic hydroxyl groups is 3. The number of hydrogen-bond donors (Lipinski definition) is 6. The summed E-state index contributed by atoms with van der Waals surface area (Å²) < 4.78 is 1.29. The molecule has 15 nitrogen and oxygen atoms in total. The fourth-order valence-electron chi connectivity index (χ4n) is 7.51. The Hall–Kier alpha value is -2.63. The van der Waals surface area contributed by atoms with E-state index in [1.165, 1.54) is 27.7 Å². The van der Waals surface area contributed by atoms with Crippen LogP contribution in [0.4, 0.5) is 0 Å². The maximum absolute atomic E-state index is 13.6. The number of tetrazole rings is 1. The Morgan fingerprint density at radius 1 is 1.32 bits per heavy atom. The first-order chi connectivity index (χ1) is 19.7. The smallest absolute Gasteiger partial charge is 0.242 e. The van der Waals surface area contributed by atoms with Gasteiger partial charge in [-0.05, 0) is 36.1 Å². The molecule has 6 rings (SSSR count). The Morgan fingerprint density at radius 2 is 2.12 bits per heavy atom. The van der Waals surface area contributed by atoms with Crippen molar-refractivity contribution in [2.45, 2.75) is 68.4 Å². The number of nitrogens with zero attached hydrogens (tertiary/aromatic N) is 6. The van der Waals surface area contributed by atoms with E-state index in [2.05, 4.69) is 31.5 Å². The number of thioether (sulfide) groups is 1. The fourth-order valence-corrected chi connectivity index (χ4v) is 9.02. The van der Waals surface area contributed by atoms with Crippen LogP contribution in [0.1, 0.15) is 26.7 Å². The molecule has 4 fully saturated rings. The lowest BCUT2D eigenvalue weighted by Crippen LogP contribution is -2.66. The van der Waals surface area contributed by atoms with Crippen molar-refractivity contribution in [3.63, 3.8) is 0 Å². The van der Waals surface area contributed by atoms with Gasteiger partial charge in [0.1, 0.15) is 12.9 Å². The molecule has 0 saturated carbocycles. The summed E-state index contributed by atoms with van der Waals surface area (Å²) in [6.45, 7) is 6.17. The SMILES string of the molecule is CC(NC(=O)Cn1cnnn1)[C@H]1C(=O)N2C(C(O)O)=C(S[C@@H]3CNC(C(=O)N4CCC5CNCC54CO)C3)[C@H](C)[C@H]12. The van der Waals surface area contributed by atoms with Gasteiger partial charge in [-0.2, -0.15) is 0 Å². The van der Waals surface area contributed by atoms with Crippen molar-refractivity contribution >= 4 is 29.5 Å². The van der Waals surface area contributed by atoms with Gasteiger partial charge in [-0.15, -0.1) is 16.9 Å². The van der Waals surface area contributed by atoms with E-state index in [-0.39, 0.29) is 59.7 Å². The maximum Gasteiger partial charge on any atom is 0.242 e. The Labute approximate surface area is 241 Å². The lowest BCUT2D eigenvalue weighted by molar-refractivity contribution is -0.159. The zero-order valence-electron chi connectivity index (χ0n) is 23.0. The van der Waals surface area contributed by atoms with Crippen LogP contribution in [-0.2, 0) is 20.9 Å². The molecule has 0 aliphatic carbocycles. The zero-order chi connectivity index (χ0) is 29.1. The highest BCUT2D eigenvalue weighted by atomic mass is 32.2. The third-order valence-electron chi connectivity index (χ3n) is 9.54. The minimum atomic E-state index is -1.83. The molecule has 8 atom stereocenters. The first-order valence-corrected chi connectivity index (χ1v) is 15.0. The highest BCUT2D eigenvalue weighted by Gasteiger charge is 2.60. The number of carbonyl (C=O) groups excluding carboxylic acids is 3. The molecule has 0 aromatic carbocycles. The molecule has 1 aromatic heterocycles. The molecular formula is C25H37N9O6S. The number of hydrogen-bond acceptors (Lipinski definition) is 12. The van der Waals surface area contributed by atoms with Gasteiger partial charge in [-0.25, -0.2) is 4.68 Å². The molecule has 41 heavy (non-hydrogen) atoms. The highest BCUT2D eigenvalue weighted by Crippen LogP contribution is 2.52. The normalized spacial score (nSPS) is 35.2. The van der Waals surface area contributed by atoms with Gasteiger partial charge in [0.2, 0.25) is 17.7 Å². The van der Waals surface area contributed by atoms with Crippen LogP contribution >= 0.6 is 11.8 Å². The lowest BCUT2D eigenvalue weighted by Gasteiger charge is -2.48. The third-order valence-corrected chi connectivity index (χ3v) is 11.1. The second kappa shape index (κ2) is 10.9. The van der Waals surface area contributed by atoms with E-state index in [1.807, 2.05) is 11.8 Å². The predicted octanol–water partition coefficient (Wildman–Crippen LogP) is -3.18. The topological polar surface area (TPSA) is 198 Å². The number of fused-ring (bicyclic) bond motifs is 2. The summed E-state index contributed by atoms with van der Waals surface area (Å²) in [5.41, 5.74) is -0.352. The van der Waals surface area contributed by atoms with Gasteiger partial charge in [-0.3, -0.25) is 14.4 Å². The summed E-state index contributed by atoms with van der Waals surface area (Å²) in [4.78, 5) is 43.3. The van der Waals surface area contributed by atoms with Crippen molar-refractivity contribution in [2.24, 2.45) is 17.8 Å². The van der Waals surface area contributed by atoms with Crippen molar-refractivity contribution < 1.29 is 29.7 Å². The molecule has 5 aliphatic rings. The lowest BCUT2D eigenvalue weighted by atomic mass is 9.78. The van der Waals surface area contributed by atoms with Crippen LogP contribution in [0.2, 0.25) is 0 Å². The van der Waals surface area contributed by atoms with Crippen molar-refractivity contribution in [3.05, 3.63) is 16.9 Å². The van der Waals surface area contributed by atoms with Gasteiger partial charge in [0.15, 0.2) is 6.29 Å². The van der Waals surface area contributed by atoms with Gasteiger partial charge in [0, 0.05) is 48.3 Å². The summed E-state index contributed by atoms with van der Waals surface area (Å²) in [6, 6.07) is -1.20. The quantitative estimate of drug-likeness (QED) is 0.125. The van der Waals surface area contributed by atoms with Crippen LogP contribution in [-0.4, -0.2) is 131 Å². The van der Waals surface area contributed by atoms with Crippen LogP contribution in [0.3, 0.4) is 0 Å². The Bertz CT molecular complexity index is 1230. The van der Waals surface area contributed by atoms with E-state index in [0.717, 1.165) is 17.9 Å². The number of amides is 3. The van der Waals surface area contributed by atoms with E-state index in [9.17, 15) is 29.7 Å². The maximum atomic E-state index is 13.6. The number of likely N-dealkylation sites (tertiary alicyclic amines) is 1. The molecule has 16 heteroatoms. The molecule has 4 saturated heterocycles. The molecule has 3 amide bonds. The summed E-state index contributed by atoms with van der Waals surface area (Å²) in [5.74, 6) is -1.06. The number of aromatic nitrogens is 4. The van der Waals surface area contributed by atoms with E-state index < -0.39 is 29.8 Å². The fraction of sp³-hybridized carbons (Fsp3) is 0.760. The number of carbonyl (C=O) groups is 3. The number of nitrogens with one attached hydrogen (secondary N) is 3. The molecule has 4 unspecified atom stereocenters. The van der Waals surface area contributed by atoms with Crippen LogP contribution in [0, 0.1) is 17.8 Å². The van der Waals surface area contributed by atoms with Crippen molar-refractivity contribution in [1.82, 2.24) is 46.0 Å². The van der Waals surface area contributed by atoms with Crippen molar-refractivity contribution in [3.8, 4) is 0 Å². The largest absolute Gasteiger partial charge is 0.394 e. The predicted molar refractivity (Wildman–Crippen MR) is 144 cm³/mol. The Morgan fingerprint density at radius 3 is 2.83 bits per heavy atom. The minimum Gasteiger partial charge on any atom is -0.394 e. The first kappa shape index (κ1) is 28.5. The van der Waals surface area contributed by atoms with Gasteiger partial charge in [-0.1, -0.05) is 6.92 Å². The molecule has 6 heterocycles. The second-order valence-electron chi connectivity index (χ2n) is 11.8. The van der Waals surface area contributed by atoms with Crippen LogP contribution in [0.15, 0.2) is 16.9 Å².